The Hall–Kier alpha value is -2.10. The number of aromatic nitrogens is 2. The van der Waals surface area contributed by atoms with Gasteiger partial charge in [-0.05, 0) is 25.3 Å². The van der Waals surface area contributed by atoms with Crippen LogP contribution in [0.3, 0.4) is 0 Å². The van der Waals surface area contributed by atoms with Crippen LogP contribution in [0.4, 0.5) is 0 Å². The second-order valence-corrected chi connectivity index (χ2v) is 5.03. The average molecular weight is 255 g/mol. The quantitative estimate of drug-likeness (QED) is 0.911. The first-order valence-corrected chi connectivity index (χ1v) is 6.64. The largest absolute Gasteiger partial charge is 0.352 e. The van der Waals surface area contributed by atoms with Crippen molar-refractivity contribution in [3.05, 3.63) is 42.7 Å². The molecule has 98 valence electrons. The molecule has 1 heterocycles. The van der Waals surface area contributed by atoms with Gasteiger partial charge in [-0.2, -0.15) is 5.10 Å². The molecule has 1 N–H and O–H groups in total. The van der Waals surface area contributed by atoms with Crippen LogP contribution in [0.1, 0.15) is 25.8 Å². The molecule has 0 saturated heterocycles. The highest BCUT2D eigenvalue weighted by atomic mass is 16.2. The number of nitrogens with one attached hydrogen (secondary N) is 1. The monoisotopic (exact) mass is 255 g/mol. The van der Waals surface area contributed by atoms with Gasteiger partial charge in [-0.3, -0.25) is 9.48 Å². The molecule has 1 amide bonds. The van der Waals surface area contributed by atoms with Crippen LogP contribution in [0.2, 0.25) is 0 Å². The van der Waals surface area contributed by atoms with Crippen molar-refractivity contribution in [1.82, 2.24) is 15.1 Å². The zero-order chi connectivity index (χ0) is 13.2. The van der Waals surface area contributed by atoms with E-state index in [-0.39, 0.29) is 11.9 Å². The average Bonchev–Trinajstić information content (AvgIpc) is 3.12. The lowest BCUT2D eigenvalue weighted by atomic mass is 10.1. The molecule has 4 heteroatoms. The Morgan fingerprint density at radius 3 is 2.74 bits per heavy atom. The lowest BCUT2D eigenvalue weighted by molar-refractivity contribution is -0.124. The summed E-state index contributed by atoms with van der Waals surface area (Å²) >= 11 is 0. The van der Waals surface area contributed by atoms with Crippen molar-refractivity contribution in [2.24, 2.45) is 0 Å². The summed E-state index contributed by atoms with van der Waals surface area (Å²) in [6.07, 6.45) is 5.93. The van der Waals surface area contributed by atoms with Crippen molar-refractivity contribution in [3.8, 4) is 11.1 Å². The molecule has 4 nitrogen and oxygen atoms in total. The van der Waals surface area contributed by atoms with E-state index >= 15 is 0 Å². The number of rotatable bonds is 4. The molecule has 0 bridgehead atoms. The van der Waals surface area contributed by atoms with Gasteiger partial charge in [0.2, 0.25) is 5.91 Å². The molecular weight excluding hydrogens is 238 g/mol. The topological polar surface area (TPSA) is 46.9 Å². The first kappa shape index (κ1) is 12.0. The van der Waals surface area contributed by atoms with Gasteiger partial charge in [0, 0.05) is 17.8 Å². The standard InChI is InChI=1S/C15H17N3O/c1-11(15(19)17-14-7-8-14)18-10-13(9-16-18)12-5-3-2-4-6-12/h2-6,9-11,14H,7-8H2,1H3,(H,17,19). The summed E-state index contributed by atoms with van der Waals surface area (Å²) in [5.41, 5.74) is 2.15. The third-order valence-corrected chi connectivity index (χ3v) is 3.41. The van der Waals surface area contributed by atoms with E-state index < -0.39 is 0 Å². The van der Waals surface area contributed by atoms with Crippen LogP contribution >= 0.6 is 0 Å². The lowest BCUT2D eigenvalue weighted by Gasteiger charge is -2.11. The summed E-state index contributed by atoms with van der Waals surface area (Å²) in [6, 6.07) is 10.2. The number of hydrogen-bond acceptors (Lipinski definition) is 2. The Labute approximate surface area is 112 Å². The summed E-state index contributed by atoms with van der Waals surface area (Å²) < 4.78 is 1.72. The second-order valence-electron chi connectivity index (χ2n) is 5.03. The number of nitrogens with zero attached hydrogens (tertiary/aromatic N) is 2. The van der Waals surface area contributed by atoms with Crippen molar-refractivity contribution in [2.45, 2.75) is 31.8 Å². The third kappa shape index (κ3) is 2.67. The van der Waals surface area contributed by atoms with E-state index in [0.717, 1.165) is 24.0 Å². The van der Waals surface area contributed by atoms with Crippen LogP contribution in [0.25, 0.3) is 11.1 Å². The van der Waals surface area contributed by atoms with Gasteiger partial charge < -0.3 is 5.32 Å². The highest BCUT2D eigenvalue weighted by Gasteiger charge is 2.26. The van der Waals surface area contributed by atoms with Crippen LogP contribution in [0.15, 0.2) is 42.7 Å². The van der Waals surface area contributed by atoms with Crippen molar-refractivity contribution >= 4 is 5.91 Å². The van der Waals surface area contributed by atoms with E-state index in [1.54, 1.807) is 10.9 Å². The maximum absolute atomic E-state index is 12.0. The lowest BCUT2D eigenvalue weighted by Crippen LogP contribution is -2.32. The number of amides is 1. The summed E-state index contributed by atoms with van der Waals surface area (Å²) in [4.78, 5) is 12.0. The number of benzene rings is 1. The highest BCUT2D eigenvalue weighted by molar-refractivity contribution is 5.80. The van der Waals surface area contributed by atoms with Crippen molar-refractivity contribution in [2.75, 3.05) is 0 Å². The maximum atomic E-state index is 12.0. The Kier molecular flexibility index (Phi) is 3.07. The molecular formula is C15H17N3O. The van der Waals surface area contributed by atoms with Gasteiger partial charge in [0.25, 0.3) is 0 Å². The highest BCUT2D eigenvalue weighted by Crippen LogP contribution is 2.22. The zero-order valence-electron chi connectivity index (χ0n) is 10.9. The molecule has 2 aromatic rings. The van der Waals surface area contributed by atoms with E-state index in [4.69, 9.17) is 0 Å². The maximum Gasteiger partial charge on any atom is 0.244 e. The van der Waals surface area contributed by atoms with Crippen LogP contribution in [-0.2, 0) is 4.79 Å². The van der Waals surface area contributed by atoms with Crippen LogP contribution in [0.5, 0.6) is 0 Å². The minimum Gasteiger partial charge on any atom is -0.352 e. The van der Waals surface area contributed by atoms with E-state index in [0.29, 0.717) is 6.04 Å². The SMILES string of the molecule is CC(C(=O)NC1CC1)n1cc(-c2ccccc2)cn1. The summed E-state index contributed by atoms with van der Waals surface area (Å²) in [5.74, 6) is 0.0465. The molecule has 1 aromatic heterocycles. The Balaban J connectivity index is 1.75. The first-order chi connectivity index (χ1) is 9.24. The normalized spacial score (nSPS) is 16.1. The smallest absolute Gasteiger partial charge is 0.244 e. The van der Waals surface area contributed by atoms with E-state index in [9.17, 15) is 4.79 Å². The number of carbonyl (C=O) groups is 1. The molecule has 0 spiro atoms. The molecule has 1 aliphatic rings. The minimum atomic E-state index is -0.266. The fourth-order valence-corrected chi connectivity index (χ4v) is 2.00. The predicted molar refractivity (Wildman–Crippen MR) is 73.5 cm³/mol. The van der Waals surface area contributed by atoms with E-state index in [1.807, 2.05) is 43.5 Å². The van der Waals surface area contributed by atoms with Crippen molar-refractivity contribution in [1.29, 1.82) is 0 Å². The summed E-state index contributed by atoms with van der Waals surface area (Å²) in [6.45, 7) is 1.87. The molecule has 1 atom stereocenters. The van der Waals surface area contributed by atoms with E-state index in [1.165, 1.54) is 0 Å². The van der Waals surface area contributed by atoms with Crippen LogP contribution in [-0.4, -0.2) is 21.7 Å². The fraction of sp³-hybridized carbons (Fsp3) is 0.333. The fourth-order valence-electron chi connectivity index (χ4n) is 2.00. The van der Waals surface area contributed by atoms with Gasteiger partial charge in [-0.1, -0.05) is 30.3 Å². The minimum absolute atomic E-state index is 0.0465. The van der Waals surface area contributed by atoms with Gasteiger partial charge in [0.15, 0.2) is 0 Å². The molecule has 19 heavy (non-hydrogen) atoms. The van der Waals surface area contributed by atoms with Crippen LogP contribution in [0, 0.1) is 0 Å². The molecule has 0 aliphatic heterocycles. The van der Waals surface area contributed by atoms with Gasteiger partial charge in [-0.15, -0.1) is 0 Å². The predicted octanol–water partition coefficient (Wildman–Crippen LogP) is 2.39. The summed E-state index contributed by atoms with van der Waals surface area (Å²) in [7, 11) is 0. The number of hydrogen-bond donors (Lipinski definition) is 1. The molecule has 1 saturated carbocycles. The molecule has 3 rings (SSSR count). The third-order valence-electron chi connectivity index (χ3n) is 3.41. The van der Waals surface area contributed by atoms with Gasteiger partial charge in [-0.25, -0.2) is 0 Å². The van der Waals surface area contributed by atoms with Gasteiger partial charge in [0.1, 0.15) is 6.04 Å². The van der Waals surface area contributed by atoms with Crippen LogP contribution < -0.4 is 5.32 Å². The summed E-state index contributed by atoms with van der Waals surface area (Å²) in [5, 5.41) is 7.30. The second kappa shape index (κ2) is 4.88. The van der Waals surface area contributed by atoms with Crippen molar-refractivity contribution < 1.29 is 4.79 Å². The Morgan fingerprint density at radius 1 is 1.32 bits per heavy atom. The molecule has 1 fully saturated rings. The van der Waals surface area contributed by atoms with E-state index in [2.05, 4.69) is 10.4 Å². The zero-order valence-corrected chi connectivity index (χ0v) is 10.9. The molecule has 0 radical (unpaired) electrons. The van der Waals surface area contributed by atoms with Gasteiger partial charge >= 0.3 is 0 Å². The molecule has 1 aliphatic carbocycles. The van der Waals surface area contributed by atoms with Crippen molar-refractivity contribution in [3.63, 3.8) is 0 Å². The molecule has 1 aromatic carbocycles. The van der Waals surface area contributed by atoms with Gasteiger partial charge in [0.05, 0.1) is 6.20 Å². The number of carbonyl (C=O) groups excluding carboxylic acids is 1. The first-order valence-electron chi connectivity index (χ1n) is 6.64. The molecule has 1 unspecified atom stereocenters. The Bertz CT molecular complexity index is 572. The Morgan fingerprint density at radius 2 is 2.05 bits per heavy atom.